The Hall–Kier alpha value is -3.66. The van der Waals surface area contributed by atoms with Gasteiger partial charge in [-0.15, -0.1) is 0 Å². The molecule has 34 heavy (non-hydrogen) atoms. The third-order valence-electron chi connectivity index (χ3n) is 5.49. The Labute approximate surface area is 192 Å². The largest absolute Gasteiger partial charge is 0.478 e. The number of likely N-dealkylation sites (N-methyl/N-ethyl adjacent to an activating group) is 1. The number of pyridine rings is 1. The van der Waals surface area contributed by atoms with Crippen LogP contribution in [0.5, 0.6) is 11.5 Å². The van der Waals surface area contributed by atoms with Gasteiger partial charge in [0.05, 0.1) is 16.8 Å². The monoisotopic (exact) mass is 476 g/mol. The van der Waals surface area contributed by atoms with E-state index in [0.29, 0.717) is 47.4 Å². The molecule has 1 aliphatic heterocycles. The van der Waals surface area contributed by atoms with Crippen LogP contribution in [0.15, 0.2) is 42.5 Å². The van der Waals surface area contributed by atoms with Crippen molar-refractivity contribution in [3.05, 3.63) is 64.8 Å². The number of para-hydroxylation sites is 1. The molecule has 2 aromatic carbocycles. The van der Waals surface area contributed by atoms with Gasteiger partial charge in [0.1, 0.15) is 11.5 Å². The number of rotatable bonds is 7. The number of halogens is 4. The van der Waals surface area contributed by atoms with E-state index in [1.165, 1.54) is 12.1 Å². The molecule has 2 heterocycles. The number of benzene rings is 2. The molecule has 3 aromatic rings. The molecule has 178 valence electrons. The van der Waals surface area contributed by atoms with Gasteiger partial charge in [0, 0.05) is 35.7 Å². The van der Waals surface area contributed by atoms with Crippen molar-refractivity contribution < 1.29 is 36.9 Å². The van der Waals surface area contributed by atoms with Crippen molar-refractivity contribution in [1.82, 2.24) is 9.88 Å². The summed E-state index contributed by atoms with van der Waals surface area (Å²) in [6, 6.07) is 10.4. The van der Waals surface area contributed by atoms with E-state index in [1.54, 1.807) is 30.3 Å². The van der Waals surface area contributed by atoms with E-state index in [2.05, 4.69) is 14.5 Å². The summed E-state index contributed by atoms with van der Waals surface area (Å²) in [7, 11) is 0. The molecule has 1 aromatic heterocycles. The third kappa shape index (κ3) is 4.81. The SMILES string of the molecule is CCN1CC(=Cc2ccc(OC(F)F)cc2OC(F)F)c2nc3ccccc3c(C(=O)O)c2C1. The van der Waals surface area contributed by atoms with Crippen LogP contribution in [0.2, 0.25) is 0 Å². The normalized spacial score (nSPS) is 15.2. The van der Waals surface area contributed by atoms with E-state index >= 15 is 0 Å². The Kier molecular flexibility index (Phi) is 6.69. The fraction of sp³-hybridized carbons (Fsp3) is 0.250. The molecule has 0 saturated heterocycles. The molecule has 0 fully saturated rings. The lowest BCUT2D eigenvalue weighted by molar-refractivity contribution is -0.0543. The van der Waals surface area contributed by atoms with Gasteiger partial charge in [-0.25, -0.2) is 9.78 Å². The molecule has 6 nitrogen and oxygen atoms in total. The van der Waals surface area contributed by atoms with Crippen molar-refractivity contribution in [1.29, 1.82) is 0 Å². The van der Waals surface area contributed by atoms with Crippen LogP contribution in [0.25, 0.3) is 22.6 Å². The Morgan fingerprint density at radius 1 is 1.12 bits per heavy atom. The van der Waals surface area contributed by atoms with E-state index in [4.69, 9.17) is 0 Å². The average Bonchev–Trinajstić information content (AvgIpc) is 2.78. The molecule has 0 unspecified atom stereocenters. The Morgan fingerprint density at radius 2 is 1.85 bits per heavy atom. The van der Waals surface area contributed by atoms with Gasteiger partial charge >= 0.3 is 19.2 Å². The fourth-order valence-corrected chi connectivity index (χ4v) is 4.04. The molecule has 4 rings (SSSR count). The number of aromatic nitrogens is 1. The van der Waals surface area contributed by atoms with E-state index in [0.717, 1.165) is 6.07 Å². The smallest absolute Gasteiger partial charge is 0.387 e. The van der Waals surface area contributed by atoms with Gasteiger partial charge < -0.3 is 14.6 Å². The summed E-state index contributed by atoms with van der Waals surface area (Å²) >= 11 is 0. The summed E-state index contributed by atoms with van der Waals surface area (Å²) in [6.45, 7) is -3.07. The molecule has 0 saturated carbocycles. The first kappa shape index (κ1) is 23.5. The molecule has 0 radical (unpaired) electrons. The summed E-state index contributed by atoms with van der Waals surface area (Å²) < 4.78 is 60.1. The molecule has 0 amide bonds. The number of fused-ring (bicyclic) bond motifs is 2. The average molecular weight is 476 g/mol. The quantitative estimate of drug-likeness (QED) is 0.454. The number of alkyl halides is 4. The highest BCUT2D eigenvalue weighted by Crippen LogP contribution is 2.36. The number of carbonyl (C=O) groups is 1. The van der Waals surface area contributed by atoms with Crippen molar-refractivity contribution >= 4 is 28.5 Å². The first-order valence-corrected chi connectivity index (χ1v) is 10.4. The van der Waals surface area contributed by atoms with Gasteiger partial charge in [0.25, 0.3) is 0 Å². The van der Waals surface area contributed by atoms with E-state index in [-0.39, 0.29) is 22.6 Å². The zero-order valence-corrected chi connectivity index (χ0v) is 18.0. The molecule has 0 spiro atoms. The molecular weight excluding hydrogens is 456 g/mol. The highest BCUT2D eigenvalue weighted by atomic mass is 19.3. The minimum atomic E-state index is -3.19. The zero-order chi connectivity index (χ0) is 24.4. The predicted octanol–water partition coefficient (Wildman–Crippen LogP) is 5.51. The lowest BCUT2D eigenvalue weighted by Crippen LogP contribution is -2.31. The first-order chi connectivity index (χ1) is 16.3. The highest BCUT2D eigenvalue weighted by Gasteiger charge is 2.28. The second-order valence-electron chi connectivity index (χ2n) is 7.57. The number of carboxylic acids is 1. The predicted molar refractivity (Wildman–Crippen MR) is 117 cm³/mol. The number of hydrogen-bond acceptors (Lipinski definition) is 5. The maximum Gasteiger partial charge on any atom is 0.387 e. The minimum absolute atomic E-state index is 0.134. The third-order valence-corrected chi connectivity index (χ3v) is 5.49. The second kappa shape index (κ2) is 9.68. The molecule has 10 heteroatoms. The number of aromatic carboxylic acids is 1. The van der Waals surface area contributed by atoms with Crippen LogP contribution in [0.4, 0.5) is 17.6 Å². The topological polar surface area (TPSA) is 71.9 Å². The number of nitrogens with zero attached hydrogens (tertiary/aromatic N) is 2. The van der Waals surface area contributed by atoms with Crippen molar-refractivity contribution in [3.8, 4) is 11.5 Å². The van der Waals surface area contributed by atoms with Crippen LogP contribution in [0, 0.1) is 0 Å². The summed E-state index contributed by atoms with van der Waals surface area (Å²) in [5.41, 5.74) is 2.34. The van der Waals surface area contributed by atoms with E-state index < -0.39 is 19.2 Å². The molecule has 0 aliphatic carbocycles. The van der Waals surface area contributed by atoms with Crippen molar-refractivity contribution in [2.45, 2.75) is 26.7 Å². The lowest BCUT2D eigenvalue weighted by Gasteiger charge is -2.30. The number of ether oxygens (including phenoxy) is 2. The molecule has 0 bridgehead atoms. The van der Waals surface area contributed by atoms with Gasteiger partial charge in [0.15, 0.2) is 0 Å². The van der Waals surface area contributed by atoms with Gasteiger partial charge in [-0.3, -0.25) is 4.90 Å². The van der Waals surface area contributed by atoms with Crippen molar-refractivity contribution in [3.63, 3.8) is 0 Å². The summed E-state index contributed by atoms with van der Waals surface area (Å²) in [6.07, 6.45) is 1.55. The second-order valence-corrected chi connectivity index (χ2v) is 7.57. The van der Waals surface area contributed by atoms with Crippen LogP contribution >= 0.6 is 0 Å². The van der Waals surface area contributed by atoms with Gasteiger partial charge in [0.2, 0.25) is 0 Å². The van der Waals surface area contributed by atoms with Crippen LogP contribution < -0.4 is 9.47 Å². The molecule has 1 aliphatic rings. The van der Waals surface area contributed by atoms with E-state index in [1.807, 2.05) is 11.8 Å². The number of carboxylic acid groups (broad SMARTS) is 1. The van der Waals surface area contributed by atoms with Gasteiger partial charge in [-0.1, -0.05) is 25.1 Å². The van der Waals surface area contributed by atoms with E-state index in [9.17, 15) is 27.5 Å². The van der Waals surface area contributed by atoms with Gasteiger partial charge in [-0.05, 0) is 36.4 Å². The van der Waals surface area contributed by atoms with Crippen LogP contribution in [0.3, 0.4) is 0 Å². The van der Waals surface area contributed by atoms with Crippen LogP contribution in [-0.2, 0) is 6.54 Å². The van der Waals surface area contributed by atoms with Gasteiger partial charge in [-0.2, -0.15) is 17.6 Å². The molecule has 1 N–H and O–H groups in total. The summed E-state index contributed by atoms with van der Waals surface area (Å²) in [5, 5.41) is 10.5. The first-order valence-electron chi connectivity index (χ1n) is 10.4. The zero-order valence-electron chi connectivity index (χ0n) is 18.0. The van der Waals surface area contributed by atoms with Crippen LogP contribution in [0.1, 0.15) is 34.1 Å². The lowest BCUT2D eigenvalue weighted by atomic mass is 9.92. The fourth-order valence-electron chi connectivity index (χ4n) is 4.04. The van der Waals surface area contributed by atoms with Crippen LogP contribution in [-0.4, -0.2) is 47.3 Å². The molecular formula is C24H20F4N2O4. The maximum absolute atomic E-state index is 13.0. The van der Waals surface area contributed by atoms with Crippen molar-refractivity contribution in [2.24, 2.45) is 0 Å². The Morgan fingerprint density at radius 3 is 2.53 bits per heavy atom. The molecule has 0 atom stereocenters. The minimum Gasteiger partial charge on any atom is -0.478 e. The Balaban J connectivity index is 1.91. The highest BCUT2D eigenvalue weighted by molar-refractivity contribution is 6.06. The summed E-state index contributed by atoms with van der Waals surface area (Å²) in [5.74, 6) is -1.78. The maximum atomic E-state index is 13.0. The van der Waals surface area contributed by atoms with Crippen molar-refractivity contribution in [2.75, 3.05) is 13.1 Å². The Bertz CT molecular complexity index is 1260. The summed E-state index contributed by atoms with van der Waals surface area (Å²) in [4.78, 5) is 18.9. The standard InChI is InChI=1S/C24H20F4N2O4/c1-2-30-11-14(9-13-7-8-15(33-23(25)26)10-19(13)34-24(27)28)21-17(12-30)20(22(31)32)16-5-3-4-6-18(16)29-21/h3-10,23-24H,2,11-12H2,1H3,(H,31,32). The number of hydrogen-bond donors (Lipinski definition) is 1.